The van der Waals surface area contributed by atoms with E-state index < -0.39 is 12.3 Å². The van der Waals surface area contributed by atoms with Crippen molar-refractivity contribution in [1.82, 2.24) is 4.90 Å². The van der Waals surface area contributed by atoms with Gasteiger partial charge in [0.25, 0.3) is 12.2 Å². The maximum Gasteiger partial charge on any atom is 0.337 e. The largest absolute Gasteiger partial charge is 0.458 e. The quantitative estimate of drug-likeness (QED) is 0.361. The molecule has 3 atom stereocenters. The Hall–Kier alpha value is -3.07. The zero-order valence-electron chi connectivity index (χ0n) is 14.6. The number of amides is 1. The van der Waals surface area contributed by atoms with E-state index in [1.54, 1.807) is 18.7 Å². The fourth-order valence-corrected chi connectivity index (χ4v) is 3.95. The van der Waals surface area contributed by atoms with E-state index >= 15 is 0 Å². The molecule has 3 aliphatic rings. The molecule has 1 aromatic rings. The molecule has 1 aromatic carbocycles. The van der Waals surface area contributed by atoms with Crippen LogP contribution in [0.15, 0.2) is 47.2 Å². The number of hydrogen-bond acceptors (Lipinski definition) is 5. The molecule has 1 fully saturated rings. The summed E-state index contributed by atoms with van der Waals surface area (Å²) in [4.78, 5) is 26.1. The van der Waals surface area contributed by atoms with Gasteiger partial charge in [-0.25, -0.2) is 4.79 Å². The van der Waals surface area contributed by atoms with Gasteiger partial charge in [-0.3, -0.25) is 4.79 Å². The van der Waals surface area contributed by atoms with E-state index in [1.807, 2.05) is 18.2 Å². The van der Waals surface area contributed by atoms with Crippen molar-refractivity contribution in [1.29, 1.82) is 5.26 Å². The molecule has 0 bridgehead atoms. The number of rotatable bonds is 3. The lowest BCUT2D eigenvalue weighted by atomic mass is 9.94. The second kappa shape index (κ2) is 6.03. The molecule has 0 aromatic heterocycles. The molecule has 2 heterocycles. The average Bonchev–Trinajstić information content (AvgIpc) is 3.21. The number of nitrogens with zero attached hydrogens (tertiary/aromatic N) is 2. The summed E-state index contributed by atoms with van der Waals surface area (Å²) in [6.07, 6.45) is 1.34. The second-order valence-corrected chi connectivity index (χ2v) is 6.79. The number of hydrogen-bond donors (Lipinski definition) is 0. The fraction of sp³-hybridized carbons (Fsp3) is 0.350. The van der Waals surface area contributed by atoms with Gasteiger partial charge in [0, 0.05) is 23.1 Å². The Morgan fingerprint density at radius 3 is 2.81 bits per heavy atom. The first-order valence-corrected chi connectivity index (χ1v) is 8.52. The molecule has 26 heavy (non-hydrogen) atoms. The van der Waals surface area contributed by atoms with Gasteiger partial charge < -0.3 is 14.4 Å². The minimum absolute atomic E-state index is 0.0434. The predicted octanol–water partition coefficient (Wildman–Crippen LogP) is 2.18. The third-order valence-corrected chi connectivity index (χ3v) is 5.47. The molecule has 1 amide bonds. The van der Waals surface area contributed by atoms with Crippen molar-refractivity contribution in [3.63, 3.8) is 0 Å². The summed E-state index contributed by atoms with van der Waals surface area (Å²) >= 11 is 0. The Morgan fingerprint density at radius 2 is 2.12 bits per heavy atom. The summed E-state index contributed by atoms with van der Waals surface area (Å²) in [5.74, 6) is -0.730. The number of carbonyl (C=O) groups is 2. The Bertz CT molecular complexity index is 909. The number of carbonyl (C=O) groups excluding carboxylic acids is 2. The van der Waals surface area contributed by atoms with Crippen LogP contribution in [0.3, 0.4) is 0 Å². The maximum atomic E-state index is 12.8. The zero-order valence-corrected chi connectivity index (χ0v) is 14.6. The summed E-state index contributed by atoms with van der Waals surface area (Å²) in [6.45, 7) is 3.50. The minimum Gasteiger partial charge on any atom is -0.458 e. The number of esters is 1. The van der Waals surface area contributed by atoms with Crippen LogP contribution in [-0.4, -0.2) is 35.7 Å². The predicted molar refractivity (Wildman–Crippen MR) is 91.4 cm³/mol. The van der Waals surface area contributed by atoms with Crippen LogP contribution in [0.25, 0.3) is 0 Å². The highest BCUT2D eigenvalue weighted by molar-refractivity contribution is 5.99. The van der Waals surface area contributed by atoms with E-state index in [-0.39, 0.29) is 24.4 Å². The monoisotopic (exact) mass is 350 g/mol. The molecule has 0 N–H and O–H groups in total. The molecule has 132 valence electrons. The van der Waals surface area contributed by atoms with Crippen LogP contribution in [0, 0.1) is 11.3 Å². The topological polar surface area (TPSA) is 79.6 Å². The van der Waals surface area contributed by atoms with Gasteiger partial charge in [0.05, 0.1) is 17.9 Å². The first kappa shape index (κ1) is 16.4. The summed E-state index contributed by atoms with van der Waals surface area (Å²) in [7, 11) is 0. The highest BCUT2D eigenvalue weighted by Gasteiger charge is 2.49. The molecule has 0 spiro atoms. The van der Waals surface area contributed by atoms with Crippen molar-refractivity contribution in [2.24, 2.45) is 0 Å². The van der Waals surface area contributed by atoms with E-state index in [0.717, 1.165) is 12.0 Å². The lowest BCUT2D eigenvalue weighted by Crippen LogP contribution is -2.34. The third-order valence-electron chi connectivity index (χ3n) is 5.47. The van der Waals surface area contributed by atoms with Crippen LogP contribution in [0.5, 0.6) is 0 Å². The molecule has 0 radical (unpaired) electrons. The molecular weight excluding hydrogens is 332 g/mol. The van der Waals surface area contributed by atoms with Crippen LogP contribution >= 0.6 is 0 Å². The molecule has 2 aliphatic heterocycles. The van der Waals surface area contributed by atoms with E-state index in [1.165, 1.54) is 11.8 Å². The van der Waals surface area contributed by atoms with Gasteiger partial charge in [-0.15, -0.1) is 0 Å². The van der Waals surface area contributed by atoms with Crippen LogP contribution in [0.2, 0.25) is 0 Å². The van der Waals surface area contributed by atoms with Gasteiger partial charge in [0.2, 0.25) is 0 Å². The molecule has 1 saturated heterocycles. The summed E-state index contributed by atoms with van der Waals surface area (Å²) in [5, 5.41) is 9.11. The normalized spacial score (nSPS) is 28.3. The minimum atomic E-state index is -0.803. The zero-order chi connectivity index (χ0) is 18.4. The van der Waals surface area contributed by atoms with Crippen LogP contribution < -0.4 is 0 Å². The highest BCUT2D eigenvalue weighted by atomic mass is 16.7. The SMILES string of the molecule is CC1=C(C)C(O/C=C2\C(=O)N(CC#N)C3Cc4ccccc4C23)OC1=O. The van der Waals surface area contributed by atoms with Crippen LogP contribution in [0.4, 0.5) is 0 Å². The molecule has 6 nitrogen and oxygen atoms in total. The standard InChI is InChI=1S/C20H18N2O4/c1-11-12(2)20(26-19(11)24)25-10-15-17-14-6-4-3-5-13(14)9-16(17)22(8-7-21)18(15)23/h3-6,10,16-17,20H,8-9H2,1-2H3/b15-10-. The molecule has 0 saturated carbocycles. The number of nitriles is 1. The first-order valence-electron chi connectivity index (χ1n) is 8.52. The van der Waals surface area contributed by atoms with Gasteiger partial charge in [-0.1, -0.05) is 24.3 Å². The van der Waals surface area contributed by atoms with Gasteiger partial charge in [-0.05, 0) is 31.4 Å². The van der Waals surface area contributed by atoms with E-state index in [2.05, 4.69) is 12.1 Å². The van der Waals surface area contributed by atoms with Crippen molar-refractivity contribution in [2.45, 2.75) is 38.5 Å². The Kier molecular flexibility index (Phi) is 3.80. The Morgan fingerprint density at radius 1 is 1.35 bits per heavy atom. The molecular formula is C20H18N2O4. The Labute approximate surface area is 151 Å². The lowest BCUT2D eigenvalue weighted by Gasteiger charge is -2.19. The van der Waals surface area contributed by atoms with Crippen molar-refractivity contribution in [2.75, 3.05) is 6.54 Å². The van der Waals surface area contributed by atoms with Crippen LogP contribution in [0.1, 0.15) is 30.9 Å². The van der Waals surface area contributed by atoms with Crippen molar-refractivity contribution >= 4 is 11.9 Å². The molecule has 4 rings (SSSR count). The average molecular weight is 350 g/mol. The molecule has 1 aliphatic carbocycles. The lowest BCUT2D eigenvalue weighted by molar-refractivity contribution is -0.153. The van der Waals surface area contributed by atoms with E-state index in [0.29, 0.717) is 16.7 Å². The number of cyclic esters (lactones) is 1. The fourth-order valence-electron chi connectivity index (χ4n) is 3.95. The number of ether oxygens (including phenoxy) is 2. The van der Waals surface area contributed by atoms with Gasteiger partial charge in [0.1, 0.15) is 6.54 Å². The second-order valence-electron chi connectivity index (χ2n) is 6.79. The van der Waals surface area contributed by atoms with E-state index in [4.69, 9.17) is 14.7 Å². The summed E-state index contributed by atoms with van der Waals surface area (Å²) in [5.41, 5.74) is 4.01. The van der Waals surface area contributed by atoms with E-state index in [9.17, 15) is 9.59 Å². The highest BCUT2D eigenvalue weighted by Crippen LogP contribution is 2.46. The number of fused-ring (bicyclic) bond motifs is 3. The maximum absolute atomic E-state index is 12.8. The third kappa shape index (κ3) is 2.31. The number of likely N-dealkylation sites (tertiary alicyclic amines) is 1. The summed E-state index contributed by atoms with van der Waals surface area (Å²) < 4.78 is 10.8. The number of benzene rings is 1. The van der Waals surface area contributed by atoms with Crippen molar-refractivity contribution < 1.29 is 19.1 Å². The van der Waals surface area contributed by atoms with Gasteiger partial charge in [0.15, 0.2) is 0 Å². The Balaban J connectivity index is 1.67. The smallest absolute Gasteiger partial charge is 0.337 e. The molecule has 6 heteroatoms. The molecule has 3 unspecified atom stereocenters. The summed E-state index contributed by atoms with van der Waals surface area (Å²) in [6, 6.07) is 10.0. The first-order chi connectivity index (χ1) is 12.5. The van der Waals surface area contributed by atoms with Gasteiger partial charge in [-0.2, -0.15) is 5.26 Å². The van der Waals surface area contributed by atoms with Crippen LogP contribution in [-0.2, 0) is 25.5 Å². The van der Waals surface area contributed by atoms with Gasteiger partial charge >= 0.3 is 5.97 Å². The van der Waals surface area contributed by atoms with Crippen molar-refractivity contribution in [3.8, 4) is 6.07 Å². The van der Waals surface area contributed by atoms with Crippen molar-refractivity contribution in [3.05, 3.63) is 58.4 Å².